The number of alkyl carbamates (subject to hydrolysis) is 1. The van der Waals surface area contributed by atoms with Crippen molar-refractivity contribution in [1.29, 1.82) is 0 Å². The second-order valence-electron chi connectivity index (χ2n) is 11.7. The average Bonchev–Trinajstić information content (AvgIpc) is 2.87. The first kappa shape index (κ1) is 30.9. The fraction of sp³-hybridized carbons (Fsp3) is 0.704. The largest absolute Gasteiger partial charge is 0.466 e. The first-order chi connectivity index (χ1) is 18.7. The van der Waals surface area contributed by atoms with Crippen molar-refractivity contribution in [3.05, 3.63) is 22.7 Å². The second-order valence-corrected chi connectivity index (χ2v) is 11.7. The highest BCUT2D eigenvalue weighted by Gasteiger charge is 2.37. The fourth-order valence-electron chi connectivity index (χ4n) is 4.92. The van der Waals surface area contributed by atoms with Gasteiger partial charge in [0.1, 0.15) is 17.0 Å². The van der Waals surface area contributed by atoms with E-state index < -0.39 is 29.0 Å². The standard InChI is InChI=1S/C27H42N6O7/c1-7-39-21(34)18-8-10-19(11-9-18)33-13-12-20(29-24(33)37)28-23(36)32-16-14-31(15-17-32)22(35)27(5,6)30-25(38)40-26(2,3)4/h12-13,18-19H,7-11,14-17H2,1-6H3,(H,30,38)(H,28,29,36,37). The number of urea groups is 1. The van der Waals surface area contributed by atoms with E-state index in [0.29, 0.717) is 32.3 Å². The molecular formula is C27H42N6O7. The van der Waals surface area contributed by atoms with Crippen molar-refractivity contribution >= 4 is 29.8 Å². The summed E-state index contributed by atoms with van der Waals surface area (Å²) in [6.07, 6.45) is 3.58. The van der Waals surface area contributed by atoms with Crippen molar-refractivity contribution in [1.82, 2.24) is 24.7 Å². The summed E-state index contributed by atoms with van der Waals surface area (Å²) in [4.78, 5) is 69.9. The van der Waals surface area contributed by atoms with Crippen LogP contribution in [0.5, 0.6) is 0 Å². The third-order valence-corrected chi connectivity index (χ3v) is 6.98. The van der Waals surface area contributed by atoms with Gasteiger partial charge in [0.15, 0.2) is 0 Å². The van der Waals surface area contributed by atoms with Crippen molar-refractivity contribution in [2.75, 3.05) is 38.1 Å². The Kier molecular flexibility index (Phi) is 9.80. The lowest BCUT2D eigenvalue weighted by molar-refractivity contribution is -0.149. The first-order valence-corrected chi connectivity index (χ1v) is 13.8. The van der Waals surface area contributed by atoms with Gasteiger partial charge in [-0.2, -0.15) is 4.98 Å². The normalized spacial score (nSPS) is 19.9. The summed E-state index contributed by atoms with van der Waals surface area (Å²) >= 11 is 0. The zero-order valence-corrected chi connectivity index (χ0v) is 24.3. The van der Waals surface area contributed by atoms with Crippen LogP contribution in [0.2, 0.25) is 0 Å². The molecule has 40 heavy (non-hydrogen) atoms. The third kappa shape index (κ3) is 8.18. The Labute approximate surface area is 234 Å². The van der Waals surface area contributed by atoms with Gasteiger partial charge in [0.05, 0.1) is 12.5 Å². The number of rotatable bonds is 6. The molecule has 222 valence electrons. The molecule has 2 heterocycles. The van der Waals surface area contributed by atoms with Crippen LogP contribution in [0.4, 0.5) is 15.4 Å². The van der Waals surface area contributed by atoms with E-state index in [1.165, 1.54) is 0 Å². The van der Waals surface area contributed by atoms with E-state index in [9.17, 15) is 24.0 Å². The number of aromatic nitrogens is 2. The summed E-state index contributed by atoms with van der Waals surface area (Å²) < 4.78 is 11.9. The van der Waals surface area contributed by atoms with Gasteiger partial charge in [-0.3, -0.25) is 19.5 Å². The monoisotopic (exact) mass is 562 g/mol. The van der Waals surface area contributed by atoms with Crippen LogP contribution < -0.4 is 16.3 Å². The molecular weight excluding hydrogens is 520 g/mol. The summed E-state index contributed by atoms with van der Waals surface area (Å²) in [6, 6.07) is 1.11. The number of nitrogens with one attached hydrogen (secondary N) is 2. The molecule has 0 bridgehead atoms. The number of hydrogen-bond donors (Lipinski definition) is 2. The van der Waals surface area contributed by atoms with E-state index in [-0.39, 0.29) is 55.8 Å². The Morgan fingerprint density at radius 3 is 2.12 bits per heavy atom. The fourth-order valence-corrected chi connectivity index (χ4v) is 4.92. The van der Waals surface area contributed by atoms with E-state index in [4.69, 9.17) is 9.47 Å². The number of ether oxygens (including phenoxy) is 2. The summed E-state index contributed by atoms with van der Waals surface area (Å²) in [6.45, 7) is 11.7. The predicted octanol–water partition coefficient (Wildman–Crippen LogP) is 2.52. The number of carbonyl (C=O) groups is 4. The molecule has 1 aromatic rings. The number of anilines is 1. The Bertz CT molecular complexity index is 1140. The van der Waals surface area contributed by atoms with Crippen LogP contribution in [0, 0.1) is 5.92 Å². The van der Waals surface area contributed by atoms with Crippen LogP contribution in [0.1, 0.15) is 73.3 Å². The number of carbonyl (C=O) groups excluding carboxylic acids is 4. The highest BCUT2D eigenvalue weighted by atomic mass is 16.6. The van der Waals surface area contributed by atoms with Gasteiger partial charge in [-0.15, -0.1) is 0 Å². The van der Waals surface area contributed by atoms with E-state index >= 15 is 0 Å². The molecule has 1 aliphatic heterocycles. The minimum absolute atomic E-state index is 0.0601. The molecule has 4 amide bonds. The Morgan fingerprint density at radius 1 is 0.975 bits per heavy atom. The Balaban J connectivity index is 1.49. The van der Waals surface area contributed by atoms with Gasteiger partial charge in [-0.1, -0.05) is 0 Å². The van der Waals surface area contributed by atoms with Crippen molar-refractivity contribution in [3.63, 3.8) is 0 Å². The van der Waals surface area contributed by atoms with Crippen molar-refractivity contribution in [2.24, 2.45) is 5.92 Å². The number of amides is 4. The van der Waals surface area contributed by atoms with Crippen molar-refractivity contribution < 1.29 is 28.7 Å². The maximum absolute atomic E-state index is 13.0. The summed E-state index contributed by atoms with van der Waals surface area (Å²) in [5, 5.41) is 5.28. The van der Waals surface area contributed by atoms with Gasteiger partial charge in [-0.05, 0) is 73.3 Å². The topological polar surface area (TPSA) is 152 Å². The van der Waals surface area contributed by atoms with E-state index in [2.05, 4.69) is 15.6 Å². The highest BCUT2D eigenvalue weighted by Crippen LogP contribution is 2.32. The molecule has 13 nitrogen and oxygen atoms in total. The number of esters is 1. The molecule has 0 unspecified atom stereocenters. The smallest absolute Gasteiger partial charge is 0.408 e. The van der Waals surface area contributed by atoms with E-state index in [1.54, 1.807) is 68.2 Å². The molecule has 0 spiro atoms. The van der Waals surface area contributed by atoms with Gasteiger partial charge < -0.3 is 24.6 Å². The maximum atomic E-state index is 13.0. The molecule has 1 saturated heterocycles. The van der Waals surface area contributed by atoms with Crippen LogP contribution >= 0.6 is 0 Å². The minimum Gasteiger partial charge on any atom is -0.466 e. The van der Waals surface area contributed by atoms with E-state index in [0.717, 1.165) is 0 Å². The van der Waals surface area contributed by atoms with Crippen LogP contribution in [0.15, 0.2) is 17.1 Å². The van der Waals surface area contributed by atoms with Crippen LogP contribution in [-0.4, -0.2) is 87.3 Å². The molecule has 0 aromatic carbocycles. The lowest BCUT2D eigenvalue weighted by atomic mass is 9.86. The van der Waals surface area contributed by atoms with Crippen molar-refractivity contribution in [2.45, 2.75) is 84.4 Å². The molecule has 3 rings (SSSR count). The zero-order valence-electron chi connectivity index (χ0n) is 24.3. The predicted molar refractivity (Wildman–Crippen MR) is 147 cm³/mol. The SMILES string of the molecule is CCOC(=O)C1CCC(n2ccc(NC(=O)N3CCN(C(=O)C(C)(C)NC(=O)OC(C)(C)C)CC3)nc2=O)CC1. The lowest BCUT2D eigenvalue weighted by Gasteiger charge is -2.38. The number of piperazine rings is 1. The van der Waals surface area contributed by atoms with Crippen molar-refractivity contribution in [3.8, 4) is 0 Å². The van der Waals surface area contributed by atoms with Gasteiger partial charge in [0.2, 0.25) is 5.91 Å². The zero-order chi connectivity index (χ0) is 29.7. The quantitative estimate of drug-likeness (QED) is 0.502. The van der Waals surface area contributed by atoms with Gasteiger partial charge in [0, 0.05) is 38.4 Å². The summed E-state index contributed by atoms with van der Waals surface area (Å²) in [7, 11) is 0. The molecule has 2 fully saturated rings. The molecule has 2 N–H and O–H groups in total. The van der Waals surface area contributed by atoms with Gasteiger partial charge >= 0.3 is 23.8 Å². The average molecular weight is 563 g/mol. The molecule has 1 aromatic heterocycles. The number of nitrogens with zero attached hydrogens (tertiary/aromatic N) is 4. The number of hydrogen-bond acceptors (Lipinski definition) is 8. The third-order valence-electron chi connectivity index (χ3n) is 6.98. The molecule has 1 aliphatic carbocycles. The first-order valence-electron chi connectivity index (χ1n) is 13.8. The van der Waals surface area contributed by atoms with Gasteiger partial charge in [0.25, 0.3) is 0 Å². The van der Waals surface area contributed by atoms with Crippen LogP contribution in [0.25, 0.3) is 0 Å². The molecule has 13 heteroatoms. The Morgan fingerprint density at radius 2 is 1.57 bits per heavy atom. The van der Waals surface area contributed by atoms with Crippen LogP contribution in [0.3, 0.4) is 0 Å². The van der Waals surface area contributed by atoms with Gasteiger partial charge in [-0.25, -0.2) is 14.4 Å². The molecule has 1 saturated carbocycles. The second kappa shape index (κ2) is 12.7. The summed E-state index contributed by atoms with van der Waals surface area (Å²) in [5.74, 6) is -0.454. The molecule has 0 radical (unpaired) electrons. The molecule has 2 aliphatic rings. The maximum Gasteiger partial charge on any atom is 0.408 e. The summed E-state index contributed by atoms with van der Waals surface area (Å²) in [5.41, 5.74) is -2.33. The lowest BCUT2D eigenvalue weighted by Crippen LogP contribution is -2.60. The highest BCUT2D eigenvalue weighted by molar-refractivity contribution is 5.90. The minimum atomic E-state index is -1.18. The van der Waals surface area contributed by atoms with Crippen LogP contribution in [-0.2, 0) is 19.1 Å². The Hall–Kier alpha value is -3.64. The van der Waals surface area contributed by atoms with E-state index in [1.807, 2.05) is 0 Å². The molecule has 0 atom stereocenters.